The first kappa shape index (κ1) is 20.2. The third-order valence-corrected chi connectivity index (χ3v) is 3.03. The molecule has 0 aromatic carbocycles. The van der Waals surface area contributed by atoms with E-state index in [4.69, 9.17) is 4.74 Å². The smallest absolute Gasteiger partial charge is 0.343 e. The van der Waals surface area contributed by atoms with E-state index in [9.17, 15) is 4.79 Å². The predicted octanol–water partition coefficient (Wildman–Crippen LogP) is 5.89. The van der Waals surface area contributed by atoms with Crippen LogP contribution in [-0.2, 0) is 9.53 Å². The van der Waals surface area contributed by atoms with Crippen LogP contribution in [0.15, 0.2) is 59.4 Å². The second kappa shape index (κ2) is 10.8. The molecule has 0 fully saturated rings. The molecular formula is C20H30O2. The van der Waals surface area contributed by atoms with Gasteiger partial charge in [-0.2, -0.15) is 0 Å². The lowest BCUT2D eigenvalue weighted by atomic mass is 10.1. The fourth-order valence-corrected chi connectivity index (χ4v) is 2.06. The van der Waals surface area contributed by atoms with Crippen molar-refractivity contribution in [2.45, 2.75) is 54.4 Å². The van der Waals surface area contributed by atoms with E-state index in [1.165, 1.54) is 0 Å². The summed E-state index contributed by atoms with van der Waals surface area (Å²) in [5.74, 6) is 0.710. The normalized spacial score (nSPS) is 15.4. The Balaban J connectivity index is 0.00000211. The molecule has 0 spiro atoms. The van der Waals surface area contributed by atoms with E-state index in [-0.39, 0.29) is 5.97 Å². The number of allylic oxidation sites excluding steroid dienone is 6. The van der Waals surface area contributed by atoms with Gasteiger partial charge in [-0.05, 0) is 43.8 Å². The first-order valence-electron chi connectivity index (χ1n) is 8.06. The summed E-state index contributed by atoms with van der Waals surface area (Å²) in [6.07, 6.45) is 11.4. The van der Waals surface area contributed by atoms with E-state index in [2.05, 4.69) is 26.5 Å². The van der Waals surface area contributed by atoms with Crippen LogP contribution in [-0.4, -0.2) is 5.97 Å². The minimum atomic E-state index is -0.298. The molecule has 0 N–H and O–H groups in total. The van der Waals surface area contributed by atoms with Gasteiger partial charge in [0.2, 0.25) is 0 Å². The minimum Gasteiger partial charge on any atom is -0.422 e. The van der Waals surface area contributed by atoms with Crippen LogP contribution in [0.5, 0.6) is 0 Å². The summed E-state index contributed by atoms with van der Waals surface area (Å²) >= 11 is 0. The molecule has 1 aliphatic carbocycles. The van der Waals surface area contributed by atoms with Crippen LogP contribution in [0.25, 0.3) is 0 Å². The van der Waals surface area contributed by atoms with E-state index >= 15 is 0 Å². The molecule has 0 unspecified atom stereocenters. The molecule has 0 saturated heterocycles. The maximum Gasteiger partial charge on any atom is 0.343 e. The molecule has 0 bridgehead atoms. The van der Waals surface area contributed by atoms with Crippen LogP contribution in [0.4, 0.5) is 0 Å². The predicted molar refractivity (Wildman–Crippen MR) is 95.4 cm³/mol. The fourth-order valence-electron chi connectivity index (χ4n) is 2.06. The van der Waals surface area contributed by atoms with E-state index in [0.717, 1.165) is 24.0 Å². The highest BCUT2D eigenvalue weighted by Crippen LogP contribution is 2.21. The van der Waals surface area contributed by atoms with Crippen molar-refractivity contribution in [3.05, 3.63) is 59.4 Å². The molecule has 0 saturated carbocycles. The quantitative estimate of drug-likeness (QED) is 0.359. The Kier molecular flexibility index (Phi) is 9.93. The van der Waals surface area contributed by atoms with Crippen molar-refractivity contribution < 1.29 is 9.53 Å². The van der Waals surface area contributed by atoms with E-state index in [0.29, 0.717) is 17.3 Å². The Morgan fingerprint density at radius 3 is 2.36 bits per heavy atom. The van der Waals surface area contributed by atoms with Crippen molar-refractivity contribution >= 4 is 5.97 Å². The Morgan fingerprint density at radius 2 is 1.91 bits per heavy atom. The molecule has 0 radical (unpaired) electrons. The number of hydrogen-bond donors (Lipinski definition) is 0. The Labute approximate surface area is 136 Å². The summed E-state index contributed by atoms with van der Waals surface area (Å²) in [5, 5.41) is 0. The van der Waals surface area contributed by atoms with Crippen molar-refractivity contribution in [1.82, 2.24) is 0 Å². The van der Waals surface area contributed by atoms with Crippen LogP contribution in [0, 0.1) is 5.92 Å². The first-order chi connectivity index (χ1) is 10.5. The second-order valence-corrected chi connectivity index (χ2v) is 5.34. The van der Waals surface area contributed by atoms with Gasteiger partial charge in [-0.15, -0.1) is 0 Å². The van der Waals surface area contributed by atoms with Gasteiger partial charge in [0.25, 0.3) is 0 Å². The zero-order valence-corrected chi connectivity index (χ0v) is 14.9. The molecule has 2 nitrogen and oxygen atoms in total. The topological polar surface area (TPSA) is 26.3 Å². The van der Waals surface area contributed by atoms with Gasteiger partial charge >= 0.3 is 5.97 Å². The van der Waals surface area contributed by atoms with Crippen molar-refractivity contribution in [2.24, 2.45) is 5.92 Å². The van der Waals surface area contributed by atoms with Gasteiger partial charge in [-0.25, -0.2) is 4.79 Å². The highest BCUT2D eigenvalue weighted by molar-refractivity contribution is 5.92. The van der Waals surface area contributed by atoms with Crippen LogP contribution < -0.4 is 0 Å². The standard InChI is InChI=1S/C18H24O2.C2H6/c1-6-14(4)17(15(5)12-13(2)3)20-18(19)16-10-8-7-9-11-16;1-2/h6,8,10-13H,1,7,9H2,2-5H3;1-2H3/b15-12-,17-14+;. The van der Waals surface area contributed by atoms with Gasteiger partial charge in [0.05, 0.1) is 5.57 Å². The fraction of sp³-hybridized carbons (Fsp3) is 0.450. The van der Waals surface area contributed by atoms with E-state index < -0.39 is 0 Å². The Bertz CT molecular complexity index is 500. The lowest BCUT2D eigenvalue weighted by Crippen LogP contribution is -2.10. The largest absolute Gasteiger partial charge is 0.422 e. The molecule has 2 heteroatoms. The highest BCUT2D eigenvalue weighted by Gasteiger charge is 2.15. The van der Waals surface area contributed by atoms with Crippen LogP contribution in [0.1, 0.15) is 54.4 Å². The molecule has 0 heterocycles. The van der Waals surface area contributed by atoms with Gasteiger partial charge in [0.1, 0.15) is 5.76 Å². The first-order valence-corrected chi connectivity index (χ1v) is 8.06. The third-order valence-electron chi connectivity index (χ3n) is 3.03. The summed E-state index contributed by atoms with van der Waals surface area (Å²) in [5.41, 5.74) is 2.46. The lowest BCUT2D eigenvalue weighted by Gasteiger charge is -2.14. The van der Waals surface area contributed by atoms with Gasteiger partial charge < -0.3 is 4.74 Å². The molecule has 0 aromatic heterocycles. The van der Waals surface area contributed by atoms with Gasteiger partial charge in [0, 0.05) is 0 Å². The van der Waals surface area contributed by atoms with E-state index in [1.54, 1.807) is 6.08 Å². The molecule has 1 rings (SSSR count). The van der Waals surface area contributed by atoms with Crippen LogP contribution in [0.2, 0.25) is 0 Å². The summed E-state index contributed by atoms with van der Waals surface area (Å²) in [7, 11) is 0. The SMILES string of the molecule is C=C/C(C)=C(OC(=O)C1=CCCC=C1)\C(C)=C/C(C)C.CC. The van der Waals surface area contributed by atoms with Gasteiger partial charge in [-0.3, -0.25) is 0 Å². The summed E-state index contributed by atoms with van der Waals surface area (Å²) in [6.45, 7) is 15.8. The Morgan fingerprint density at radius 1 is 1.27 bits per heavy atom. The number of rotatable bonds is 5. The van der Waals surface area contributed by atoms with Crippen LogP contribution in [0.3, 0.4) is 0 Å². The maximum atomic E-state index is 12.2. The summed E-state index contributed by atoms with van der Waals surface area (Å²) in [6, 6.07) is 0. The lowest BCUT2D eigenvalue weighted by molar-refractivity contribution is -0.134. The molecule has 22 heavy (non-hydrogen) atoms. The number of carbonyl (C=O) groups excluding carboxylic acids is 1. The number of hydrogen-bond acceptors (Lipinski definition) is 2. The second-order valence-electron chi connectivity index (χ2n) is 5.34. The van der Waals surface area contributed by atoms with E-state index in [1.807, 2.05) is 45.9 Å². The van der Waals surface area contributed by atoms with Crippen molar-refractivity contribution in [1.29, 1.82) is 0 Å². The monoisotopic (exact) mass is 302 g/mol. The molecule has 0 atom stereocenters. The molecular weight excluding hydrogens is 272 g/mol. The molecule has 0 aliphatic heterocycles. The number of ether oxygens (including phenoxy) is 1. The maximum absolute atomic E-state index is 12.2. The van der Waals surface area contributed by atoms with Crippen LogP contribution >= 0.6 is 0 Å². The zero-order valence-electron chi connectivity index (χ0n) is 14.9. The molecule has 0 amide bonds. The number of carbonyl (C=O) groups is 1. The van der Waals surface area contributed by atoms with Crippen molar-refractivity contribution in [3.63, 3.8) is 0 Å². The zero-order chi connectivity index (χ0) is 17.1. The van der Waals surface area contributed by atoms with Gasteiger partial charge in [-0.1, -0.05) is 64.7 Å². The van der Waals surface area contributed by atoms with Crippen molar-refractivity contribution in [2.75, 3.05) is 0 Å². The Hall–Kier alpha value is -1.83. The summed E-state index contributed by atoms with van der Waals surface area (Å²) in [4.78, 5) is 12.2. The average Bonchev–Trinajstić information content (AvgIpc) is 2.53. The highest BCUT2D eigenvalue weighted by atomic mass is 16.5. The summed E-state index contributed by atoms with van der Waals surface area (Å²) < 4.78 is 5.59. The number of esters is 1. The third kappa shape index (κ3) is 6.75. The minimum absolute atomic E-state index is 0.298. The molecule has 1 aliphatic rings. The average molecular weight is 302 g/mol. The molecule has 0 aromatic rings. The van der Waals surface area contributed by atoms with Gasteiger partial charge in [0.15, 0.2) is 0 Å². The molecule has 122 valence electrons. The van der Waals surface area contributed by atoms with Crippen molar-refractivity contribution in [3.8, 4) is 0 Å².